The summed E-state index contributed by atoms with van der Waals surface area (Å²) in [5, 5.41) is 4.30. The number of aryl methyl sites for hydroxylation is 1. The lowest BCUT2D eigenvalue weighted by Crippen LogP contribution is -2.31. The van der Waals surface area contributed by atoms with Crippen molar-refractivity contribution in [2.45, 2.75) is 24.0 Å². The van der Waals surface area contributed by atoms with E-state index < -0.39 is 0 Å². The molecule has 3 aromatic rings. The molecule has 1 aromatic heterocycles. The molecular weight excluding hydrogens is 394 g/mol. The Balaban J connectivity index is 1.70. The van der Waals surface area contributed by atoms with Gasteiger partial charge in [0.15, 0.2) is 16.8 Å². The Morgan fingerprint density at radius 1 is 1.10 bits per heavy atom. The maximum absolute atomic E-state index is 6.32. The van der Waals surface area contributed by atoms with Gasteiger partial charge in [-0.15, -0.1) is 0 Å². The fourth-order valence-electron chi connectivity index (χ4n) is 4.35. The molecule has 2 aliphatic rings. The summed E-state index contributed by atoms with van der Waals surface area (Å²) < 4.78 is 5.35. The van der Waals surface area contributed by atoms with Crippen LogP contribution in [-0.4, -0.2) is 29.0 Å². The van der Waals surface area contributed by atoms with Gasteiger partial charge in [-0.2, -0.15) is 0 Å². The lowest BCUT2D eigenvalue weighted by atomic mass is 9.76. The molecule has 2 aromatic carbocycles. The number of ether oxygens (including phenoxy) is 1. The molecule has 0 radical (unpaired) electrons. The topological polar surface area (TPSA) is 85.4 Å². The zero-order valence-electron chi connectivity index (χ0n) is 16.9. The van der Waals surface area contributed by atoms with Crippen molar-refractivity contribution in [3.8, 4) is 5.75 Å². The summed E-state index contributed by atoms with van der Waals surface area (Å²) in [4.78, 5) is 14.2. The predicted octanol–water partition coefficient (Wildman–Crippen LogP) is 4.64. The van der Waals surface area contributed by atoms with Crippen LogP contribution in [0.3, 0.4) is 0 Å². The molecular formula is C23H23N5OS. The maximum atomic E-state index is 6.32. The number of hydrogen-bond donors (Lipinski definition) is 2. The van der Waals surface area contributed by atoms with Gasteiger partial charge < -0.3 is 15.8 Å². The Labute approximate surface area is 180 Å². The number of aromatic nitrogens is 2. The van der Waals surface area contributed by atoms with Gasteiger partial charge in [0.25, 0.3) is 0 Å². The van der Waals surface area contributed by atoms with Gasteiger partial charge in [-0.1, -0.05) is 48.2 Å². The third-order valence-electron chi connectivity index (χ3n) is 5.84. The summed E-state index contributed by atoms with van der Waals surface area (Å²) >= 11 is 1.47. The molecule has 1 aliphatic heterocycles. The van der Waals surface area contributed by atoms with E-state index in [4.69, 9.17) is 20.4 Å². The summed E-state index contributed by atoms with van der Waals surface area (Å²) in [5.74, 6) is 2.13. The highest BCUT2D eigenvalue weighted by Gasteiger charge is 2.36. The van der Waals surface area contributed by atoms with Crippen molar-refractivity contribution in [3.63, 3.8) is 0 Å². The lowest BCUT2D eigenvalue weighted by molar-refractivity contribution is 0.414. The van der Waals surface area contributed by atoms with E-state index in [0.29, 0.717) is 22.5 Å². The third-order valence-corrected chi connectivity index (χ3v) is 6.39. The highest BCUT2D eigenvalue weighted by molar-refractivity contribution is 7.98. The standard InChI is InChI=1S/C23H23N5OS/c1-29-15-10-7-14(8-11-15)18-17-12-9-13-5-3-4-6-16(13)19(17)25-20-21(24)27-23(30-2)28-22(20)26-18/h3-8,10-11,17-18H,9,12H2,1-2H3,(H3,24,26,27,28). The van der Waals surface area contributed by atoms with E-state index in [1.54, 1.807) is 7.11 Å². The Morgan fingerprint density at radius 2 is 1.90 bits per heavy atom. The number of nitrogens with two attached hydrogens (primary N) is 1. The number of nitrogens with one attached hydrogen (secondary N) is 1. The minimum Gasteiger partial charge on any atom is -0.497 e. The monoisotopic (exact) mass is 417 g/mol. The minimum absolute atomic E-state index is 0.0215. The van der Waals surface area contributed by atoms with Crippen LogP contribution in [0.2, 0.25) is 0 Å². The van der Waals surface area contributed by atoms with Crippen molar-refractivity contribution >= 4 is 34.8 Å². The molecule has 0 spiro atoms. The van der Waals surface area contributed by atoms with E-state index in [-0.39, 0.29) is 12.0 Å². The van der Waals surface area contributed by atoms with Crippen molar-refractivity contribution in [1.29, 1.82) is 0 Å². The Hall–Kier alpha value is -3.06. The number of benzene rings is 2. The molecule has 0 saturated carbocycles. The first-order chi connectivity index (χ1) is 14.7. The largest absolute Gasteiger partial charge is 0.497 e. The number of nitrogen functional groups attached to an aromatic ring is 1. The van der Waals surface area contributed by atoms with Gasteiger partial charge >= 0.3 is 0 Å². The van der Waals surface area contributed by atoms with Gasteiger partial charge in [0.05, 0.1) is 18.9 Å². The Bertz CT molecular complexity index is 1130. The summed E-state index contributed by atoms with van der Waals surface area (Å²) in [6.45, 7) is 0. The van der Waals surface area contributed by atoms with Crippen LogP contribution >= 0.6 is 11.8 Å². The molecule has 2 atom stereocenters. The average Bonchev–Trinajstić information content (AvgIpc) is 2.96. The second kappa shape index (κ2) is 7.65. The SMILES string of the molecule is COc1ccc(C2Nc3nc(SC)nc(N)c3N=C3c4ccccc4CCC32)cc1. The van der Waals surface area contributed by atoms with Crippen LogP contribution in [0, 0.1) is 5.92 Å². The van der Waals surface area contributed by atoms with Crippen molar-refractivity contribution < 1.29 is 4.74 Å². The molecule has 152 valence electrons. The van der Waals surface area contributed by atoms with Gasteiger partial charge in [-0.25, -0.2) is 15.0 Å². The normalized spacial score (nSPS) is 19.5. The molecule has 0 bridgehead atoms. The van der Waals surface area contributed by atoms with Gasteiger partial charge in [-0.05, 0) is 47.9 Å². The summed E-state index contributed by atoms with van der Waals surface area (Å²) in [6.07, 6.45) is 3.96. The molecule has 1 aliphatic carbocycles. The van der Waals surface area contributed by atoms with Crippen LogP contribution in [-0.2, 0) is 6.42 Å². The predicted molar refractivity (Wildman–Crippen MR) is 122 cm³/mol. The van der Waals surface area contributed by atoms with E-state index in [2.05, 4.69) is 46.7 Å². The van der Waals surface area contributed by atoms with Crippen molar-refractivity contribution in [3.05, 3.63) is 65.2 Å². The summed E-state index contributed by atoms with van der Waals surface area (Å²) in [7, 11) is 1.68. The number of rotatable bonds is 3. The van der Waals surface area contributed by atoms with Crippen LogP contribution in [0.4, 0.5) is 17.3 Å². The van der Waals surface area contributed by atoms with E-state index in [0.717, 1.165) is 24.3 Å². The van der Waals surface area contributed by atoms with Gasteiger partial charge in [0, 0.05) is 5.92 Å². The first-order valence-electron chi connectivity index (χ1n) is 9.96. The van der Waals surface area contributed by atoms with Crippen LogP contribution in [0.1, 0.15) is 29.2 Å². The molecule has 7 heteroatoms. The summed E-state index contributed by atoms with van der Waals surface area (Å²) in [6, 6.07) is 16.7. The number of aliphatic imine (C=N–C) groups is 1. The molecule has 0 amide bonds. The lowest BCUT2D eigenvalue weighted by Gasteiger charge is -2.32. The molecule has 2 unspecified atom stereocenters. The Morgan fingerprint density at radius 3 is 2.67 bits per heavy atom. The number of methoxy groups -OCH3 is 1. The van der Waals surface area contributed by atoms with Crippen molar-refractivity contribution in [1.82, 2.24) is 9.97 Å². The fraction of sp³-hybridized carbons (Fsp3) is 0.261. The molecule has 5 rings (SSSR count). The van der Waals surface area contributed by atoms with Crippen LogP contribution in [0.25, 0.3) is 0 Å². The van der Waals surface area contributed by atoms with Crippen LogP contribution in [0.15, 0.2) is 58.7 Å². The number of hydrogen-bond acceptors (Lipinski definition) is 7. The number of anilines is 2. The van der Waals surface area contributed by atoms with E-state index >= 15 is 0 Å². The van der Waals surface area contributed by atoms with Gasteiger partial charge in [-0.3, -0.25) is 0 Å². The zero-order chi connectivity index (χ0) is 20.7. The second-order valence-corrected chi connectivity index (χ2v) is 8.26. The molecule has 6 nitrogen and oxygen atoms in total. The number of fused-ring (bicyclic) bond motifs is 4. The number of nitrogens with zero attached hydrogens (tertiary/aromatic N) is 3. The number of thioether (sulfide) groups is 1. The summed E-state index contributed by atoms with van der Waals surface area (Å²) in [5.41, 5.74) is 11.7. The van der Waals surface area contributed by atoms with Crippen LogP contribution in [0.5, 0.6) is 5.75 Å². The highest BCUT2D eigenvalue weighted by atomic mass is 32.2. The van der Waals surface area contributed by atoms with Crippen molar-refractivity contribution in [2.24, 2.45) is 10.9 Å². The van der Waals surface area contributed by atoms with Crippen LogP contribution < -0.4 is 15.8 Å². The minimum atomic E-state index is 0.0215. The smallest absolute Gasteiger partial charge is 0.191 e. The average molecular weight is 418 g/mol. The fourth-order valence-corrected chi connectivity index (χ4v) is 4.72. The third kappa shape index (κ3) is 3.19. The second-order valence-electron chi connectivity index (χ2n) is 7.49. The molecule has 30 heavy (non-hydrogen) atoms. The highest BCUT2D eigenvalue weighted by Crippen LogP contribution is 2.44. The first-order valence-corrected chi connectivity index (χ1v) is 11.2. The quantitative estimate of drug-likeness (QED) is 0.477. The first kappa shape index (κ1) is 18.9. The van der Waals surface area contributed by atoms with E-state index in [1.165, 1.54) is 28.5 Å². The maximum Gasteiger partial charge on any atom is 0.191 e. The zero-order valence-corrected chi connectivity index (χ0v) is 17.7. The molecule has 3 N–H and O–H groups in total. The molecule has 2 heterocycles. The van der Waals surface area contributed by atoms with Gasteiger partial charge in [0.2, 0.25) is 0 Å². The van der Waals surface area contributed by atoms with Crippen molar-refractivity contribution in [2.75, 3.05) is 24.4 Å². The van der Waals surface area contributed by atoms with E-state index in [1.807, 2.05) is 18.4 Å². The molecule has 0 saturated heterocycles. The van der Waals surface area contributed by atoms with Gasteiger partial charge in [0.1, 0.15) is 11.4 Å². The van der Waals surface area contributed by atoms with E-state index in [9.17, 15) is 0 Å². The Kier molecular flexibility index (Phi) is 4.83. The molecule has 0 fully saturated rings.